The summed E-state index contributed by atoms with van der Waals surface area (Å²) < 4.78 is 5.31. The molecule has 2 heteroatoms. The maximum atomic E-state index is 8.96. The van der Waals surface area contributed by atoms with E-state index in [1.54, 1.807) is 0 Å². The molecule has 0 saturated heterocycles. The van der Waals surface area contributed by atoms with Crippen LogP contribution in [0, 0.1) is 12.8 Å². The third-order valence-electron chi connectivity index (χ3n) is 5.19. The fraction of sp³-hybridized carbons (Fsp3) is 0.952. The van der Waals surface area contributed by atoms with E-state index < -0.39 is 6.10 Å². The molecule has 1 N–H and O–H groups in total. The summed E-state index contributed by atoms with van der Waals surface area (Å²) in [4.78, 5) is 0. The van der Waals surface area contributed by atoms with Gasteiger partial charge in [-0.15, -0.1) is 0 Å². The van der Waals surface area contributed by atoms with E-state index in [1.165, 1.54) is 96.3 Å². The molecule has 1 aliphatic carbocycles. The minimum absolute atomic E-state index is 0.376. The first kappa shape index (κ1) is 21.0. The fourth-order valence-electron chi connectivity index (χ4n) is 3.75. The van der Waals surface area contributed by atoms with E-state index >= 15 is 0 Å². The van der Waals surface area contributed by atoms with Crippen LogP contribution < -0.4 is 0 Å². The van der Waals surface area contributed by atoms with Crippen LogP contribution in [0.25, 0.3) is 0 Å². The molecule has 23 heavy (non-hydrogen) atoms. The number of rotatable bonds is 15. The second-order valence-corrected chi connectivity index (χ2v) is 7.56. The molecular formula is C21H41O2. The molecule has 1 radical (unpaired) electrons. The standard InChI is InChI=1S/C21H41O2/c1-20(22)19-23-18-14-9-7-5-3-2-4-6-8-11-15-21-16-12-10-13-17-21/h20-22H,1-19H2. The van der Waals surface area contributed by atoms with Crippen molar-refractivity contribution in [2.75, 3.05) is 13.2 Å². The maximum Gasteiger partial charge on any atom is 0.0774 e. The molecule has 0 aromatic carbocycles. The molecule has 0 spiro atoms. The highest BCUT2D eigenvalue weighted by molar-refractivity contribution is 4.65. The summed E-state index contributed by atoms with van der Waals surface area (Å²) in [7, 11) is 0. The molecule has 1 atom stereocenters. The quantitative estimate of drug-likeness (QED) is 0.370. The Balaban J connectivity index is 1.68. The van der Waals surface area contributed by atoms with Gasteiger partial charge in [-0.25, -0.2) is 0 Å². The summed E-state index contributed by atoms with van der Waals surface area (Å²) in [6, 6.07) is 0. The van der Waals surface area contributed by atoms with Crippen LogP contribution in [-0.4, -0.2) is 24.4 Å². The second-order valence-electron chi connectivity index (χ2n) is 7.56. The van der Waals surface area contributed by atoms with Gasteiger partial charge in [-0.3, -0.25) is 0 Å². The molecule has 1 fully saturated rings. The molecular weight excluding hydrogens is 284 g/mol. The van der Waals surface area contributed by atoms with Gasteiger partial charge in [0.25, 0.3) is 0 Å². The Morgan fingerprint density at radius 1 is 0.783 bits per heavy atom. The van der Waals surface area contributed by atoms with Crippen molar-refractivity contribution in [2.45, 2.75) is 109 Å². The van der Waals surface area contributed by atoms with E-state index in [1.807, 2.05) is 0 Å². The second kappa shape index (κ2) is 15.4. The molecule has 2 nitrogen and oxygen atoms in total. The van der Waals surface area contributed by atoms with Crippen LogP contribution in [0.15, 0.2) is 0 Å². The largest absolute Gasteiger partial charge is 0.391 e. The summed E-state index contributed by atoms with van der Waals surface area (Å²) in [6.45, 7) is 4.63. The molecule has 0 bridgehead atoms. The van der Waals surface area contributed by atoms with E-state index in [4.69, 9.17) is 9.84 Å². The zero-order valence-corrected chi connectivity index (χ0v) is 15.4. The van der Waals surface area contributed by atoms with Crippen LogP contribution in [0.3, 0.4) is 0 Å². The summed E-state index contributed by atoms with van der Waals surface area (Å²) in [5, 5.41) is 8.96. The van der Waals surface area contributed by atoms with Gasteiger partial charge in [0.15, 0.2) is 0 Å². The van der Waals surface area contributed by atoms with Crippen LogP contribution in [-0.2, 0) is 4.74 Å². The Morgan fingerprint density at radius 2 is 1.30 bits per heavy atom. The minimum Gasteiger partial charge on any atom is -0.391 e. The van der Waals surface area contributed by atoms with E-state index in [2.05, 4.69) is 6.92 Å². The smallest absolute Gasteiger partial charge is 0.0774 e. The zero-order chi connectivity index (χ0) is 16.6. The van der Waals surface area contributed by atoms with Gasteiger partial charge in [0.1, 0.15) is 0 Å². The van der Waals surface area contributed by atoms with Gasteiger partial charge in [-0.2, -0.15) is 0 Å². The Bertz CT molecular complexity index is 234. The van der Waals surface area contributed by atoms with Gasteiger partial charge in [0.2, 0.25) is 0 Å². The molecule has 0 aromatic rings. The van der Waals surface area contributed by atoms with Gasteiger partial charge in [-0.1, -0.05) is 96.3 Å². The number of aliphatic hydroxyl groups excluding tert-OH is 1. The van der Waals surface area contributed by atoms with Crippen LogP contribution in [0.4, 0.5) is 0 Å². The number of hydrogen-bond donors (Lipinski definition) is 1. The number of unbranched alkanes of at least 4 members (excludes halogenated alkanes) is 9. The Morgan fingerprint density at radius 3 is 1.87 bits per heavy atom. The van der Waals surface area contributed by atoms with E-state index in [0.717, 1.165) is 18.9 Å². The lowest BCUT2D eigenvalue weighted by Crippen LogP contribution is -2.11. The first-order valence-corrected chi connectivity index (χ1v) is 10.4. The summed E-state index contributed by atoms with van der Waals surface area (Å²) in [6.07, 6.45) is 22.2. The first-order chi connectivity index (χ1) is 11.3. The van der Waals surface area contributed by atoms with E-state index in [9.17, 15) is 0 Å². The zero-order valence-electron chi connectivity index (χ0n) is 15.4. The van der Waals surface area contributed by atoms with Crippen molar-refractivity contribution in [3.63, 3.8) is 0 Å². The molecule has 137 valence electrons. The van der Waals surface area contributed by atoms with E-state index in [0.29, 0.717) is 6.61 Å². The summed E-state index contributed by atoms with van der Waals surface area (Å²) >= 11 is 0. The molecule has 1 aliphatic rings. The average molecular weight is 326 g/mol. The van der Waals surface area contributed by atoms with Gasteiger partial charge in [0, 0.05) is 6.61 Å². The van der Waals surface area contributed by atoms with Crippen molar-refractivity contribution in [1.82, 2.24) is 0 Å². The summed E-state index contributed by atoms with van der Waals surface area (Å²) in [5.74, 6) is 1.07. The third-order valence-corrected chi connectivity index (χ3v) is 5.19. The normalized spacial score (nSPS) is 17.5. The summed E-state index contributed by atoms with van der Waals surface area (Å²) in [5.41, 5.74) is 0. The fourth-order valence-corrected chi connectivity index (χ4v) is 3.75. The van der Waals surface area contributed by atoms with Crippen molar-refractivity contribution in [2.24, 2.45) is 5.92 Å². The molecule has 1 saturated carbocycles. The van der Waals surface area contributed by atoms with Gasteiger partial charge >= 0.3 is 0 Å². The molecule has 0 amide bonds. The predicted molar refractivity (Wildman–Crippen MR) is 99.5 cm³/mol. The lowest BCUT2D eigenvalue weighted by atomic mass is 9.85. The first-order valence-electron chi connectivity index (χ1n) is 10.4. The Labute approximate surface area is 145 Å². The number of aliphatic hydroxyl groups is 1. The Hall–Kier alpha value is -0.0800. The lowest BCUT2D eigenvalue weighted by molar-refractivity contribution is 0.0564. The average Bonchev–Trinajstić information content (AvgIpc) is 2.56. The molecule has 1 rings (SSSR count). The van der Waals surface area contributed by atoms with E-state index in [-0.39, 0.29) is 0 Å². The monoisotopic (exact) mass is 325 g/mol. The van der Waals surface area contributed by atoms with Gasteiger partial charge in [-0.05, 0) is 19.3 Å². The molecule has 0 aliphatic heterocycles. The van der Waals surface area contributed by atoms with Crippen LogP contribution in [0.2, 0.25) is 0 Å². The SMILES string of the molecule is [CH2]C(O)COCCCCCCCCCCCCC1CCCCC1. The molecule has 0 heterocycles. The highest BCUT2D eigenvalue weighted by atomic mass is 16.5. The van der Waals surface area contributed by atoms with Crippen molar-refractivity contribution >= 4 is 0 Å². The third kappa shape index (κ3) is 14.0. The van der Waals surface area contributed by atoms with Crippen molar-refractivity contribution in [1.29, 1.82) is 0 Å². The van der Waals surface area contributed by atoms with Gasteiger partial charge < -0.3 is 9.84 Å². The molecule has 0 aromatic heterocycles. The Kier molecular flexibility index (Phi) is 14.1. The van der Waals surface area contributed by atoms with Crippen LogP contribution >= 0.6 is 0 Å². The minimum atomic E-state index is -0.572. The van der Waals surface area contributed by atoms with Crippen molar-refractivity contribution in [3.8, 4) is 0 Å². The highest BCUT2D eigenvalue weighted by Gasteiger charge is 2.12. The topological polar surface area (TPSA) is 29.5 Å². The van der Waals surface area contributed by atoms with Crippen molar-refractivity contribution < 1.29 is 9.84 Å². The van der Waals surface area contributed by atoms with Crippen molar-refractivity contribution in [3.05, 3.63) is 6.92 Å². The van der Waals surface area contributed by atoms with Crippen LogP contribution in [0.5, 0.6) is 0 Å². The highest BCUT2D eigenvalue weighted by Crippen LogP contribution is 2.28. The number of ether oxygens (including phenoxy) is 1. The van der Waals surface area contributed by atoms with Gasteiger partial charge in [0.05, 0.1) is 12.7 Å². The number of hydrogen-bond acceptors (Lipinski definition) is 2. The predicted octanol–water partition coefficient (Wildman–Crippen LogP) is 6.07. The molecule has 1 unspecified atom stereocenters. The van der Waals surface area contributed by atoms with Crippen LogP contribution in [0.1, 0.15) is 103 Å². The maximum absolute atomic E-state index is 8.96. The lowest BCUT2D eigenvalue weighted by Gasteiger charge is -2.21.